The first-order chi connectivity index (χ1) is 7.58. The highest BCUT2D eigenvalue weighted by molar-refractivity contribution is 9.10. The molecule has 0 aliphatic heterocycles. The van der Waals surface area contributed by atoms with E-state index in [0.29, 0.717) is 6.54 Å². The molecule has 2 N–H and O–H groups in total. The lowest BCUT2D eigenvalue weighted by molar-refractivity contribution is 0.647. The average molecular weight is 281 g/mol. The highest BCUT2D eigenvalue weighted by Crippen LogP contribution is 2.16. The maximum Gasteiger partial charge on any atom is 0.0835 e. The van der Waals surface area contributed by atoms with Gasteiger partial charge in [0.05, 0.1) is 29.3 Å². The van der Waals surface area contributed by atoms with Crippen molar-refractivity contribution in [2.24, 2.45) is 0 Å². The molecule has 0 aliphatic rings. The van der Waals surface area contributed by atoms with Crippen molar-refractivity contribution in [3.63, 3.8) is 0 Å². The minimum absolute atomic E-state index is 0.650. The van der Waals surface area contributed by atoms with Crippen LogP contribution in [0.1, 0.15) is 17.1 Å². The van der Waals surface area contributed by atoms with E-state index in [4.69, 9.17) is 5.73 Å². The summed E-state index contributed by atoms with van der Waals surface area (Å²) in [6.45, 7) is 4.53. The predicted molar refractivity (Wildman–Crippen MR) is 67.2 cm³/mol. The largest absolute Gasteiger partial charge is 0.396 e. The average Bonchev–Trinajstić information content (AvgIpc) is 2.50. The maximum atomic E-state index is 5.87. The van der Waals surface area contributed by atoms with E-state index >= 15 is 0 Å². The van der Waals surface area contributed by atoms with E-state index in [1.165, 1.54) is 0 Å². The van der Waals surface area contributed by atoms with Gasteiger partial charge in [0, 0.05) is 10.7 Å². The standard InChI is InChI=1S/C11H13BrN4/c1-7-11(13)8(2)16(15-7)6-10-4-3-9(12)5-14-10/h3-5H,6,13H2,1-2H3. The monoisotopic (exact) mass is 280 g/mol. The Hall–Kier alpha value is -1.36. The van der Waals surface area contributed by atoms with E-state index in [0.717, 1.165) is 27.2 Å². The second-order valence-electron chi connectivity index (χ2n) is 3.71. The van der Waals surface area contributed by atoms with Crippen molar-refractivity contribution in [1.29, 1.82) is 0 Å². The topological polar surface area (TPSA) is 56.7 Å². The van der Waals surface area contributed by atoms with Gasteiger partial charge in [0.25, 0.3) is 0 Å². The van der Waals surface area contributed by atoms with Gasteiger partial charge in [-0.1, -0.05) is 0 Å². The van der Waals surface area contributed by atoms with E-state index in [2.05, 4.69) is 26.0 Å². The second-order valence-corrected chi connectivity index (χ2v) is 4.63. The Morgan fingerprint density at radius 1 is 1.38 bits per heavy atom. The van der Waals surface area contributed by atoms with Gasteiger partial charge >= 0.3 is 0 Å². The van der Waals surface area contributed by atoms with E-state index in [1.54, 1.807) is 6.20 Å². The first kappa shape index (κ1) is 11.1. The molecule has 2 aromatic heterocycles. The number of aryl methyl sites for hydroxylation is 1. The minimum atomic E-state index is 0.650. The maximum absolute atomic E-state index is 5.87. The molecule has 84 valence electrons. The van der Waals surface area contributed by atoms with Crippen molar-refractivity contribution in [2.75, 3.05) is 5.73 Å². The highest BCUT2D eigenvalue weighted by atomic mass is 79.9. The molecule has 2 aromatic rings. The molecule has 5 heteroatoms. The molecular formula is C11H13BrN4. The van der Waals surface area contributed by atoms with Crippen molar-refractivity contribution in [1.82, 2.24) is 14.8 Å². The van der Waals surface area contributed by atoms with Gasteiger partial charge in [-0.25, -0.2) is 0 Å². The van der Waals surface area contributed by atoms with Gasteiger partial charge in [-0.05, 0) is 41.9 Å². The number of halogens is 1. The van der Waals surface area contributed by atoms with Crippen LogP contribution >= 0.6 is 15.9 Å². The summed E-state index contributed by atoms with van der Waals surface area (Å²) in [7, 11) is 0. The molecule has 0 unspecified atom stereocenters. The molecule has 0 bridgehead atoms. The summed E-state index contributed by atoms with van der Waals surface area (Å²) in [5, 5.41) is 4.37. The molecule has 0 spiro atoms. The Labute approximate surface area is 103 Å². The number of nitrogens with zero attached hydrogens (tertiary/aromatic N) is 3. The van der Waals surface area contributed by atoms with Crippen molar-refractivity contribution in [3.8, 4) is 0 Å². The minimum Gasteiger partial charge on any atom is -0.396 e. The quantitative estimate of drug-likeness (QED) is 0.918. The molecule has 2 heterocycles. The van der Waals surface area contributed by atoms with Crippen LogP contribution in [0.25, 0.3) is 0 Å². The predicted octanol–water partition coefficient (Wildman–Crippen LogP) is 2.29. The van der Waals surface area contributed by atoms with Crippen molar-refractivity contribution in [3.05, 3.63) is 39.9 Å². The van der Waals surface area contributed by atoms with Gasteiger partial charge in [0.15, 0.2) is 0 Å². The van der Waals surface area contributed by atoms with Crippen molar-refractivity contribution >= 4 is 21.6 Å². The van der Waals surface area contributed by atoms with E-state index < -0.39 is 0 Å². The van der Waals surface area contributed by atoms with Gasteiger partial charge in [-0.2, -0.15) is 5.10 Å². The molecule has 0 aromatic carbocycles. The molecule has 16 heavy (non-hydrogen) atoms. The number of hydrogen-bond donors (Lipinski definition) is 1. The Balaban J connectivity index is 2.27. The zero-order chi connectivity index (χ0) is 11.7. The molecule has 0 radical (unpaired) electrons. The van der Waals surface area contributed by atoms with Gasteiger partial charge in [0.1, 0.15) is 0 Å². The Morgan fingerprint density at radius 3 is 2.62 bits per heavy atom. The number of nitrogens with two attached hydrogens (primary N) is 1. The second kappa shape index (κ2) is 4.25. The first-order valence-corrected chi connectivity index (χ1v) is 5.77. The molecule has 0 aliphatic carbocycles. The lowest BCUT2D eigenvalue weighted by Crippen LogP contribution is -2.05. The highest BCUT2D eigenvalue weighted by Gasteiger charge is 2.08. The van der Waals surface area contributed by atoms with Crippen LogP contribution in [0.2, 0.25) is 0 Å². The summed E-state index contributed by atoms with van der Waals surface area (Å²) in [4.78, 5) is 4.31. The summed E-state index contributed by atoms with van der Waals surface area (Å²) < 4.78 is 2.85. The van der Waals surface area contributed by atoms with Gasteiger partial charge in [-0.15, -0.1) is 0 Å². The summed E-state index contributed by atoms with van der Waals surface area (Å²) in [5.74, 6) is 0. The summed E-state index contributed by atoms with van der Waals surface area (Å²) >= 11 is 3.36. The van der Waals surface area contributed by atoms with Crippen LogP contribution in [0.3, 0.4) is 0 Å². The molecule has 0 amide bonds. The third-order valence-corrected chi connectivity index (χ3v) is 3.01. The number of anilines is 1. The Bertz CT molecular complexity index is 501. The molecule has 2 rings (SSSR count). The van der Waals surface area contributed by atoms with E-state index in [-0.39, 0.29) is 0 Å². The normalized spacial score (nSPS) is 10.7. The third-order valence-electron chi connectivity index (χ3n) is 2.54. The fraction of sp³-hybridized carbons (Fsp3) is 0.273. The van der Waals surface area contributed by atoms with Gasteiger partial charge in [-0.3, -0.25) is 9.67 Å². The summed E-state index contributed by atoms with van der Waals surface area (Å²) in [6.07, 6.45) is 1.78. The van der Waals surface area contributed by atoms with Crippen LogP contribution in [0.5, 0.6) is 0 Å². The van der Waals surface area contributed by atoms with Gasteiger partial charge < -0.3 is 5.73 Å². The SMILES string of the molecule is Cc1nn(Cc2ccc(Br)cn2)c(C)c1N. The number of nitrogen functional groups attached to an aromatic ring is 1. The molecule has 0 fully saturated rings. The number of hydrogen-bond acceptors (Lipinski definition) is 3. The van der Waals surface area contributed by atoms with Crippen LogP contribution in [-0.4, -0.2) is 14.8 Å². The number of pyridine rings is 1. The van der Waals surface area contributed by atoms with Gasteiger partial charge in [0.2, 0.25) is 0 Å². The first-order valence-electron chi connectivity index (χ1n) is 4.98. The van der Waals surface area contributed by atoms with Crippen LogP contribution < -0.4 is 5.73 Å². The summed E-state index contributed by atoms with van der Waals surface area (Å²) in [6, 6.07) is 3.94. The Kier molecular flexibility index (Phi) is 2.96. The molecular weight excluding hydrogens is 268 g/mol. The zero-order valence-electron chi connectivity index (χ0n) is 9.24. The van der Waals surface area contributed by atoms with Crippen LogP contribution in [0.4, 0.5) is 5.69 Å². The van der Waals surface area contributed by atoms with E-state index in [9.17, 15) is 0 Å². The fourth-order valence-electron chi connectivity index (χ4n) is 1.52. The van der Waals surface area contributed by atoms with Crippen LogP contribution in [0.15, 0.2) is 22.8 Å². The third kappa shape index (κ3) is 2.09. The van der Waals surface area contributed by atoms with Crippen molar-refractivity contribution < 1.29 is 0 Å². The van der Waals surface area contributed by atoms with Crippen LogP contribution in [-0.2, 0) is 6.54 Å². The molecule has 4 nitrogen and oxygen atoms in total. The fourth-order valence-corrected chi connectivity index (χ4v) is 1.75. The van der Waals surface area contributed by atoms with Crippen LogP contribution in [0, 0.1) is 13.8 Å². The number of aromatic nitrogens is 3. The summed E-state index contributed by atoms with van der Waals surface area (Å²) in [5.41, 5.74) is 9.46. The lowest BCUT2D eigenvalue weighted by Gasteiger charge is -2.03. The van der Waals surface area contributed by atoms with E-state index in [1.807, 2.05) is 30.7 Å². The van der Waals surface area contributed by atoms with Crippen molar-refractivity contribution in [2.45, 2.75) is 20.4 Å². The Morgan fingerprint density at radius 2 is 2.12 bits per heavy atom. The molecule has 0 saturated heterocycles. The molecule has 0 saturated carbocycles. The lowest BCUT2D eigenvalue weighted by atomic mass is 10.3. The number of rotatable bonds is 2. The molecule has 0 atom stereocenters. The smallest absolute Gasteiger partial charge is 0.0835 e. The zero-order valence-corrected chi connectivity index (χ0v) is 10.8.